The quantitative estimate of drug-likeness (QED) is 0.266. The number of fused-ring (bicyclic) bond motifs is 1. The highest BCUT2D eigenvalue weighted by atomic mass is 16.5. The monoisotopic (exact) mass is 364 g/mol. The van der Waals surface area contributed by atoms with Gasteiger partial charge in [0.05, 0.1) is 19.1 Å². The number of hydrogen-bond acceptors (Lipinski definition) is 6. The van der Waals surface area contributed by atoms with Gasteiger partial charge in [0.2, 0.25) is 0 Å². The van der Waals surface area contributed by atoms with E-state index >= 15 is 0 Å². The van der Waals surface area contributed by atoms with Gasteiger partial charge in [-0.15, -0.1) is 0 Å². The van der Waals surface area contributed by atoms with E-state index in [1.54, 1.807) is 43.5 Å². The van der Waals surface area contributed by atoms with E-state index in [0.29, 0.717) is 16.8 Å². The number of hydrogen-bond donors (Lipinski definition) is 3. The van der Waals surface area contributed by atoms with Gasteiger partial charge >= 0.3 is 0 Å². The lowest BCUT2D eigenvalue weighted by atomic mass is 10.0. The van der Waals surface area contributed by atoms with Crippen molar-refractivity contribution in [3.63, 3.8) is 0 Å². The third kappa shape index (κ3) is 3.92. The van der Waals surface area contributed by atoms with Crippen LogP contribution in [0.2, 0.25) is 0 Å². The molecule has 4 N–H and O–H groups in total. The van der Waals surface area contributed by atoms with Crippen LogP contribution in [0.5, 0.6) is 5.75 Å². The first-order chi connectivity index (χ1) is 13.0. The Hall–Kier alpha value is -3.74. The molecule has 0 radical (unpaired) electrons. The summed E-state index contributed by atoms with van der Waals surface area (Å²) in [5.74, 6) is -0.540. The zero-order chi connectivity index (χ0) is 19.4. The lowest BCUT2D eigenvalue weighted by Gasteiger charge is -2.22. The van der Waals surface area contributed by atoms with Crippen molar-refractivity contribution in [3.05, 3.63) is 71.8 Å². The molecule has 0 aliphatic carbocycles. The normalized spacial score (nSPS) is 12.6. The number of carbonyl (C=O) groups is 1. The molecule has 0 bridgehead atoms. The van der Waals surface area contributed by atoms with Crippen molar-refractivity contribution in [3.8, 4) is 5.75 Å². The van der Waals surface area contributed by atoms with Gasteiger partial charge in [-0.05, 0) is 58.8 Å². The average Bonchev–Trinajstić information content (AvgIpc) is 2.70. The molecule has 3 aromatic rings. The van der Waals surface area contributed by atoms with Crippen LogP contribution in [0.25, 0.3) is 10.8 Å². The van der Waals surface area contributed by atoms with Crippen molar-refractivity contribution in [2.75, 3.05) is 12.4 Å². The summed E-state index contributed by atoms with van der Waals surface area (Å²) in [5, 5.41) is 28.1. The highest BCUT2D eigenvalue weighted by Crippen LogP contribution is 2.26. The number of carbonyl (C=O) groups excluding carboxylic acids is 1. The third-order valence-corrected chi connectivity index (χ3v) is 4.24. The topological polar surface area (TPSA) is 120 Å². The summed E-state index contributed by atoms with van der Waals surface area (Å²) in [4.78, 5) is 11.7. The highest BCUT2D eigenvalue weighted by Gasteiger charge is 2.14. The molecule has 7 nitrogen and oxygen atoms in total. The van der Waals surface area contributed by atoms with Crippen LogP contribution in [0.3, 0.4) is 0 Å². The number of benzene rings is 3. The van der Waals surface area contributed by atoms with Gasteiger partial charge in [-0.2, -0.15) is 0 Å². The maximum atomic E-state index is 11.7. The summed E-state index contributed by atoms with van der Waals surface area (Å²) < 4.78 is 5.20. The Kier molecular flexibility index (Phi) is 5.12. The van der Waals surface area contributed by atoms with E-state index in [4.69, 9.17) is 15.7 Å². The van der Waals surface area contributed by atoms with Crippen molar-refractivity contribution in [1.29, 1.82) is 0 Å². The molecule has 7 heteroatoms. The molecule has 0 amide bonds. The second-order valence-corrected chi connectivity index (χ2v) is 5.93. The number of methoxy groups -OCH3 is 1. The number of carboxylic acids is 1. The molecule has 138 valence electrons. The average molecular weight is 364 g/mol. The lowest BCUT2D eigenvalue weighted by Crippen LogP contribution is -2.34. The standard InChI is InChI=1S/C20H19N3O4/c1-27-17-9-6-13-10-15(3-2-14(13)11-17)18(20(24)25)22-16-7-4-12(5-8-16)19(21)23-26/h2-11,18,22,26H,1H3,(H2,21,23)(H,24,25)/p-1. The van der Waals surface area contributed by atoms with Crippen LogP contribution in [0.1, 0.15) is 17.2 Å². The van der Waals surface area contributed by atoms with Gasteiger partial charge < -0.3 is 30.9 Å². The molecule has 0 aliphatic rings. The zero-order valence-electron chi connectivity index (χ0n) is 14.5. The second-order valence-electron chi connectivity index (χ2n) is 5.93. The Balaban J connectivity index is 1.89. The molecular weight excluding hydrogens is 346 g/mol. The highest BCUT2D eigenvalue weighted by molar-refractivity contribution is 5.97. The minimum absolute atomic E-state index is 0.0250. The van der Waals surface area contributed by atoms with Crippen molar-refractivity contribution in [2.24, 2.45) is 10.9 Å². The van der Waals surface area contributed by atoms with E-state index in [2.05, 4.69) is 10.5 Å². The fourth-order valence-corrected chi connectivity index (χ4v) is 2.79. The first kappa shape index (κ1) is 18.1. The molecule has 0 saturated heterocycles. The van der Waals surface area contributed by atoms with Crippen LogP contribution in [-0.4, -0.2) is 24.1 Å². The summed E-state index contributed by atoms with van der Waals surface area (Å²) in [6.45, 7) is 0. The second kappa shape index (κ2) is 7.65. The number of ether oxygens (including phenoxy) is 1. The predicted octanol–water partition coefficient (Wildman–Crippen LogP) is 1.85. The van der Waals surface area contributed by atoms with E-state index < -0.39 is 12.0 Å². The lowest BCUT2D eigenvalue weighted by molar-refractivity contribution is -0.307. The van der Waals surface area contributed by atoms with Gasteiger partial charge in [0.1, 0.15) is 5.75 Å². The fourth-order valence-electron chi connectivity index (χ4n) is 2.79. The SMILES string of the molecule is COc1ccc2cc(C(Nc3ccc(/C(N)=N\O)cc3)C(=O)[O-])ccc2c1. The maximum absolute atomic E-state index is 11.7. The predicted molar refractivity (Wildman–Crippen MR) is 101 cm³/mol. The number of nitrogens with two attached hydrogens (primary N) is 1. The Morgan fingerprint density at radius 2 is 1.78 bits per heavy atom. The molecule has 0 spiro atoms. The molecule has 0 fully saturated rings. The van der Waals surface area contributed by atoms with Crippen molar-refractivity contribution in [1.82, 2.24) is 0 Å². The molecule has 3 aromatic carbocycles. The Labute approximate surface area is 155 Å². The van der Waals surface area contributed by atoms with Gasteiger partial charge in [-0.3, -0.25) is 0 Å². The first-order valence-electron chi connectivity index (χ1n) is 8.15. The zero-order valence-corrected chi connectivity index (χ0v) is 14.5. The van der Waals surface area contributed by atoms with Gasteiger partial charge in [0.25, 0.3) is 0 Å². The number of carboxylic acid groups (broad SMARTS) is 1. The first-order valence-corrected chi connectivity index (χ1v) is 8.15. The fraction of sp³-hybridized carbons (Fsp3) is 0.100. The number of rotatable bonds is 6. The smallest absolute Gasteiger partial charge is 0.170 e. The van der Waals surface area contributed by atoms with Gasteiger partial charge in [0.15, 0.2) is 5.84 Å². The number of nitrogens with one attached hydrogen (secondary N) is 1. The molecule has 3 rings (SSSR count). The minimum atomic E-state index is -1.25. The Bertz CT molecular complexity index is 1000. The maximum Gasteiger partial charge on any atom is 0.170 e. The van der Waals surface area contributed by atoms with E-state index in [1.807, 2.05) is 24.3 Å². The molecule has 0 aromatic heterocycles. The van der Waals surface area contributed by atoms with Crippen LogP contribution in [-0.2, 0) is 4.79 Å². The summed E-state index contributed by atoms with van der Waals surface area (Å²) in [6, 6.07) is 16.4. The van der Waals surface area contributed by atoms with Crippen LogP contribution in [0.4, 0.5) is 5.69 Å². The van der Waals surface area contributed by atoms with E-state index in [9.17, 15) is 9.90 Å². The molecule has 1 atom stereocenters. The van der Waals surface area contributed by atoms with E-state index in [0.717, 1.165) is 16.5 Å². The summed E-state index contributed by atoms with van der Waals surface area (Å²) >= 11 is 0. The largest absolute Gasteiger partial charge is 0.548 e. The summed E-state index contributed by atoms with van der Waals surface area (Å²) in [5.41, 5.74) is 7.17. The third-order valence-electron chi connectivity index (χ3n) is 4.24. The number of aliphatic carboxylic acids is 1. The number of oxime groups is 1. The summed E-state index contributed by atoms with van der Waals surface area (Å²) in [6.07, 6.45) is 0. The number of anilines is 1. The number of amidine groups is 1. The van der Waals surface area contributed by atoms with Gasteiger partial charge in [-0.25, -0.2) is 0 Å². The van der Waals surface area contributed by atoms with Crippen molar-refractivity contribution >= 4 is 28.3 Å². The minimum Gasteiger partial charge on any atom is -0.548 e. The molecule has 0 saturated carbocycles. The molecular formula is C20H18N3O4-. The number of nitrogens with zero attached hydrogens (tertiary/aromatic N) is 1. The van der Waals surface area contributed by atoms with Crippen LogP contribution >= 0.6 is 0 Å². The Morgan fingerprint density at radius 3 is 2.41 bits per heavy atom. The molecule has 1 unspecified atom stereocenters. The van der Waals surface area contributed by atoms with E-state index in [-0.39, 0.29) is 5.84 Å². The van der Waals surface area contributed by atoms with Crippen molar-refractivity contribution < 1.29 is 19.8 Å². The van der Waals surface area contributed by atoms with Gasteiger partial charge in [-0.1, -0.05) is 23.4 Å². The van der Waals surface area contributed by atoms with Gasteiger partial charge in [0, 0.05) is 11.3 Å². The van der Waals surface area contributed by atoms with Crippen molar-refractivity contribution in [2.45, 2.75) is 6.04 Å². The van der Waals surface area contributed by atoms with Crippen LogP contribution in [0.15, 0.2) is 65.8 Å². The molecule has 27 heavy (non-hydrogen) atoms. The summed E-state index contributed by atoms with van der Waals surface area (Å²) in [7, 11) is 1.59. The Morgan fingerprint density at radius 1 is 1.11 bits per heavy atom. The molecule has 0 aliphatic heterocycles. The van der Waals surface area contributed by atoms with E-state index in [1.165, 1.54) is 0 Å². The molecule has 0 heterocycles. The van der Waals surface area contributed by atoms with Crippen LogP contribution < -0.4 is 20.9 Å². The van der Waals surface area contributed by atoms with Crippen LogP contribution in [0, 0.1) is 0 Å².